The first-order valence-corrected chi connectivity index (χ1v) is 11.4. The number of aromatic amines is 1. The number of hydrogen-bond acceptors (Lipinski definition) is 6. The minimum Gasteiger partial charge on any atom is -0.619 e. The first-order chi connectivity index (χ1) is 17.0. The molecule has 6 rings (SSSR count). The largest absolute Gasteiger partial charge is 0.619 e. The zero-order valence-corrected chi connectivity index (χ0v) is 18.9. The topological polar surface area (TPSA) is 120 Å². The van der Waals surface area contributed by atoms with Crippen molar-refractivity contribution in [3.05, 3.63) is 82.7 Å². The lowest BCUT2D eigenvalue weighted by atomic mass is 9.92. The van der Waals surface area contributed by atoms with Crippen LogP contribution in [0, 0.1) is 11.0 Å². The maximum Gasteiger partial charge on any atom is 0.247 e. The number of tetrazole rings is 1. The summed E-state index contributed by atoms with van der Waals surface area (Å²) in [7, 11) is 0. The lowest BCUT2D eigenvalue weighted by Crippen LogP contribution is -2.39. The molecule has 0 saturated carbocycles. The fourth-order valence-electron chi connectivity index (χ4n) is 4.95. The second-order valence-corrected chi connectivity index (χ2v) is 8.91. The molecule has 2 atom stereocenters. The van der Waals surface area contributed by atoms with Crippen LogP contribution in [0.3, 0.4) is 0 Å². The van der Waals surface area contributed by atoms with Gasteiger partial charge in [0.1, 0.15) is 12.2 Å². The minimum absolute atomic E-state index is 0.0385. The van der Waals surface area contributed by atoms with Crippen molar-refractivity contribution in [2.24, 2.45) is 0 Å². The van der Waals surface area contributed by atoms with E-state index in [9.17, 15) is 10.0 Å². The second kappa shape index (κ2) is 8.27. The van der Waals surface area contributed by atoms with Gasteiger partial charge >= 0.3 is 0 Å². The molecule has 0 spiro atoms. The molecule has 2 aliphatic heterocycles. The summed E-state index contributed by atoms with van der Waals surface area (Å²) in [5.41, 5.74) is 2.77. The van der Waals surface area contributed by atoms with Gasteiger partial charge in [-0.2, -0.15) is 9.41 Å². The summed E-state index contributed by atoms with van der Waals surface area (Å²) in [6.07, 6.45) is 9.29. The van der Waals surface area contributed by atoms with Crippen molar-refractivity contribution < 1.29 is 13.9 Å². The number of rotatable bonds is 4. The Morgan fingerprint density at radius 2 is 2.03 bits per heavy atom. The van der Waals surface area contributed by atoms with E-state index in [1.165, 1.54) is 35.5 Å². The Bertz CT molecular complexity index is 1450. The number of nitrogens with zero attached hydrogens (tertiary/aromatic N) is 7. The van der Waals surface area contributed by atoms with Crippen LogP contribution in [0.2, 0.25) is 5.02 Å². The SMILES string of the molecule is O=C1C=C(c2c(-n3cnnn3)ccc(Cl)c2F)C[C@@H]2CC[C@@H](c3ncc(-c4cc[n+]([O-])cc4)[nH]3)N12. The number of halogens is 2. The van der Waals surface area contributed by atoms with E-state index in [0.717, 1.165) is 24.1 Å². The molecule has 0 bridgehead atoms. The molecule has 0 aliphatic carbocycles. The smallest absolute Gasteiger partial charge is 0.247 e. The number of pyridine rings is 1. The molecule has 35 heavy (non-hydrogen) atoms. The molecule has 10 nitrogen and oxygen atoms in total. The van der Waals surface area contributed by atoms with Crippen molar-refractivity contribution in [1.82, 2.24) is 35.1 Å². The molecule has 1 saturated heterocycles. The number of H-pyrrole nitrogens is 1. The Hall–Kier alpha value is -4.12. The van der Waals surface area contributed by atoms with E-state index in [2.05, 4.69) is 25.5 Å². The van der Waals surface area contributed by atoms with Crippen LogP contribution in [0.5, 0.6) is 0 Å². The lowest BCUT2D eigenvalue weighted by Gasteiger charge is -2.33. The molecule has 176 valence electrons. The molecule has 1 N–H and O–H groups in total. The fraction of sp³-hybridized carbons (Fsp3) is 0.217. The van der Waals surface area contributed by atoms with Gasteiger partial charge in [-0.15, -0.1) is 5.10 Å². The maximum absolute atomic E-state index is 15.2. The molecule has 2 aliphatic rings. The summed E-state index contributed by atoms with van der Waals surface area (Å²) >= 11 is 6.09. The van der Waals surface area contributed by atoms with Gasteiger partial charge in [0, 0.05) is 35.4 Å². The predicted octanol–water partition coefficient (Wildman–Crippen LogP) is 3.00. The molecule has 0 radical (unpaired) electrons. The van der Waals surface area contributed by atoms with Crippen molar-refractivity contribution >= 4 is 23.1 Å². The van der Waals surface area contributed by atoms with Gasteiger partial charge in [-0.1, -0.05) is 11.6 Å². The zero-order chi connectivity index (χ0) is 24.1. The fourth-order valence-corrected chi connectivity index (χ4v) is 5.11. The van der Waals surface area contributed by atoms with Gasteiger partial charge in [0.05, 0.1) is 28.6 Å². The Morgan fingerprint density at radius 1 is 1.20 bits per heavy atom. The third-order valence-electron chi connectivity index (χ3n) is 6.52. The highest BCUT2D eigenvalue weighted by Gasteiger charge is 2.42. The summed E-state index contributed by atoms with van der Waals surface area (Å²) in [6, 6.07) is 6.13. The highest BCUT2D eigenvalue weighted by atomic mass is 35.5. The number of imidazole rings is 1. The van der Waals surface area contributed by atoms with Crippen molar-refractivity contribution in [1.29, 1.82) is 0 Å². The van der Waals surface area contributed by atoms with E-state index in [0.29, 0.717) is 28.2 Å². The third-order valence-corrected chi connectivity index (χ3v) is 6.82. The lowest BCUT2D eigenvalue weighted by molar-refractivity contribution is -0.605. The van der Waals surface area contributed by atoms with E-state index in [1.807, 2.05) is 4.90 Å². The second-order valence-electron chi connectivity index (χ2n) is 8.50. The molecule has 1 fully saturated rings. The molecule has 4 aromatic rings. The van der Waals surface area contributed by atoms with Gasteiger partial charge in [-0.05, 0) is 47.4 Å². The number of amides is 1. The predicted molar refractivity (Wildman–Crippen MR) is 122 cm³/mol. The molecule has 12 heteroatoms. The van der Waals surface area contributed by atoms with Crippen molar-refractivity contribution in [2.45, 2.75) is 31.3 Å². The Labute approximate surface area is 203 Å². The van der Waals surface area contributed by atoms with Crippen LogP contribution in [0.1, 0.15) is 36.7 Å². The Kier molecular flexibility index (Phi) is 5.06. The summed E-state index contributed by atoms with van der Waals surface area (Å²) in [5, 5.41) is 22.4. The number of hydrogen-bond donors (Lipinski definition) is 1. The van der Waals surface area contributed by atoms with E-state index in [4.69, 9.17) is 11.6 Å². The van der Waals surface area contributed by atoms with E-state index in [1.54, 1.807) is 24.4 Å². The average molecular weight is 493 g/mol. The number of benzene rings is 1. The Balaban J connectivity index is 1.33. The minimum atomic E-state index is -0.611. The molecule has 5 heterocycles. The number of fused-ring (bicyclic) bond motifs is 1. The van der Waals surface area contributed by atoms with Crippen LogP contribution >= 0.6 is 11.6 Å². The van der Waals surface area contributed by atoms with E-state index < -0.39 is 5.82 Å². The molecule has 3 aromatic heterocycles. The monoisotopic (exact) mass is 492 g/mol. The number of aromatic nitrogens is 7. The molecular weight excluding hydrogens is 475 g/mol. The van der Waals surface area contributed by atoms with Crippen LogP contribution in [0.15, 0.2) is 55.3 Å². The van der Waals surface area contributed by atoms with Crippen LogP contribution in [-0.2, 0) is 4.79 Å². The van der Waals surface area contributed by atoms with Gasteiger partial charge in [-0.25, -0.2) is 9.37 Å². The Morgan fingerprint density at radius 3 is 2.80 bits per heavy atom. The first-order valence-electron chi connectivity index (χ1n) is 11.0. The number of carbonyl (C=O) groups is 1. The highest BCUT2D eigenvalue weighted by molar-refractivity contribution is 6.31. The summed E-state index contributed by atoms with van der Waals surface area (Å²) < 4.78 is 17.3. The molecule has 0 unspecified atom stereocenters. The van der Waals surface area contributed by atoms with Gasteiger partial charge in [-0.3, -0.25) is 4.79 Å². The average Bonchev–Trinajstić information content (AvgIpc) is 3.62. The van der Waals surface area contributed by atoms with Gasteiger partial charge in [0.2, 0.25) is 5.91 Å². The summed E-state index contributed by atoms with van der Waals surface area (Å²) in [6.45, 7) is 0. The third kappa shape index (κ3) is 3.64. The van der Waals surface area contributed by atoms with Gasteiger partial charge < -0.3 is 15.1 Å². The zero-order valence-electron chi connectivity index (χ0n) is 18.2. The van der Waals surface area contributed by atoms with Crippen LogP contribution in [0.25, 0.3) is 22.5 Å². The number of carbonyl (C=O) groups excluding carboxylic acids is 1. The molecular formula is C23H18ClFN8O2. The summed E-state index contributed by atoms with van der Waals surface area (Å²) in [5.74, 6) is -0.152. The number of nitrogens with one attached hydrogen (secondary N) is 1. The molecule has 1 amide bonds. The van der Waals surface area contributed by atoms with E-state index >= 15 is 4.39 Å². The van der Waals surface area contributed by atoms with Gasteiger partial charge in [0.25, 0.3) is 0 Å². The first kappa shape index (κ1) is 21.4. The van der Waals surface area contributed by atoms with Crippen LogP contribution in [-0.4, -0.2) is 47.0 Å². The van der Waals surface area contributed by atoms with Crippen molar-refractivity contribution in [3.63, 3.8) is 0 Å². The normalized spacial score (nSPS) is 19.7. The van der Waals surface area contributed by atoms with Crippen molar-refractivity contribution in [3.8, 4) is 16.9 Å². The highest BCUT2D eigenvalue weighted by Crippen LogP contribution is 2.44. The van der Waals surface area contributed by atoms with Crippen molar-refractivity contribution in [2.75, 3.05) is 0 Å². The molecule has 1 aromatic carbocycles. The summed E-state index contributed by atoms with van der Waals surface area (Å²) in [4.78, 5) is 22.9. The van der Waals surface area contributed by atoms with Crippen LogP contribution < -0.4 is 4.73 Å². The standard InChI is InChI=1S/C23H18ClFN8O2/c24-16-2-4-18(32-12-27-29-30-32)21(22(16)25)14-9-15-1-3-19(33(15)20(34)10-14)23-26-11-17(28-23)13-5-7-31(35)8-6-13/h2,4-8,10-12,15,19H,1,3,9H2,(H,26,28)/t15-,19-/m0/s1. The van der Waals surface area contributed by atoms with Crippen LogP contribution in [0.4, 0.5) is 4.39 Å². The van der Waals surface area contributed by atoms with E-state index in [-0.39, 0.29) is 28.6 Å². The van der Waals surface area contributed by atoms with Gasteiger partial charge in [0.15, 0.2) is 18.2 Å². The quantitative estimate of drug-likeness (QED) is 0.345. The maximum atomic E-state index is 15.2.